The summed E-state index contributed by atoms with van der Waals surface area (Å²) >= 11 is 0. The van der Waals surface area contributed by atoms with Crippen LogP contribution in [0.5, 0.6) is 5.75 Å². The Morgan fingerprint density at radius 2 is 2.29 bits per heavy atom. The topological polar surface area (TPSA) is 72.6 Å². The van der Waals surface area contributed by atoms with Crippen molar-refractivity contribution in [3.05, 3.63) is 33.6 Å². The lowest BCUT2D eigenvalue weighted by atomic mass is 10.2. The summed E-state index contributed by atoms with van der Waals surface area (Å²) in [6.45, 7) is -0.398. The van der Waals surface area contributed by atoms with Crippen molar-refractivity contribution in [2.75, 3.05) is 7.11 Å². The molecule has 1 rings (SSSR count). The van der Waals surface area contributed by atoms with E-state index < -0.39 is 23.0 Å². The maximum absolute atomic E-state index is 13.1. The normalized spacial score (nSPS) is 9.93. The molecule has 14 heavy (non-hydrogen) atoms. The molecule has 0 unspecified atom stereocenters. The van der Waals surface area contributed by atoms with E-state index in [4.69, 9.17) is 5.11 Å². The molecule has 0 atom stereocenters. The molecule has 0 saturated heterocycles. The maximum atomic E-state index is 13.1. The summed E-state index contributed by atoms with van der Waals surface area (Å²) in [6.07, 6.45) is 0. The van der Waals surface area contributed by atoms with Crippen molar-refractivity contribution in [2.24, 2.45) is 0 Å². The molecule has 0 aliphatic carbocycles. The zero-order valence-electron chi connectivity index (χ0n) is 7.36. The number of halogens is 1. The summed E-state index contributed by atoms with van der Waals surface area (Å²) in [7, 11) is 1.20. The molecule has 5 nitrogen and oxygen atoms in total. The molecule has 1 aromatic carbocycles. The van der Waals surface area contributed by atoms with Crippen molar-refractivity contribution in [3.8, 4) is 5.75 Å². The fourth-order valence-electron chi connectivity index (χ4n) is 1.05. The van der Waals surface area contributed by atoms with Gasteiger partial charge in [-0.2, -0.15) is 4.39 Å². The average Bonchev–Trinajstić information content (AvgIpc) is 2.15. The molecule has 76 valence electrons. The number of hydrogen-bond donors (Lipinski definition) is 1. The first-order valence-corrected chi connectivity index (χ1v) is 3.71. The van der Waals surface area contributed by atoms with E-state index in [1.807, 2.05) is 0 Å². The highest BCUT2D eigenvalue weighted by Gasteiger charge is 2.22. The number of nitro groups is 1. The van der Waals surface area contributed by atoms with Crippen LogP contribution < -0.4 is 4.74 Å². The van der Waals surface area contributed by atoms with Crippen LogP contribution in [0.15, 0.2) is 12.1 Å². The molecule has 0 aliphatic heterocycles. The van der Waals surface area contributed by atoms with Gasteiger partial charge in [0, 0.05) is 0 Å². The van der Waals surface area contributed by atoms with Gasteiger partial charge < -0.3 is 9.84 Å². The summed E-state index contributed by atoms with van der Waals surface area (Å²) in [6, 6.07) is 2.13. The van der Waals surface area contributed by atoms with E-state index in [9.17, 15) is 14.5 Å². The average molecular weight is 201 g/mol. The van der Waals surface area contributed by atoms with Crippen LogP contribution in [-0.4, -0.2) is 17.1 Å². The van der Waals surface area contributed by atoms with Crippen LogP contribution in [0.4, 0.5) is 10.1 Å². The fourth-order valence-corrected chi connectivity index (χ4v) is 1.05. The predicted octanol–water partition coefficient (Wildman–Crippen LogP) is 1.23. The predicted molar refractivity (Wildman–Crippen MR) is 45.5 cm³/mol. The Kier molecular flexibility index (Phi) is 2.98. The molecular weight excluding hydrogens is 193 g/mol. The van der Waals surface area contributed by atoms with Crippen molar-refractivity contribution < 1.29 is 19.2 Å². The van der Waals surface area contributed by atoms with E-state index in [1.165, 1.54) is 13.2 Å². The molecule has 1 N–H and O–H groups in total. The van der Waals surface area contributed by atoms with Crippen LogP contribution in [-0.2, 0) is 6.61 Å². The van der Waals surface area contributed by atoms with Gasteiger partial charge in [-0.15, -0.1) is 0 Å². The Bertz CT molecular complexity index is 367. The summed E-state index contributed by atoms with van der Waals surface area (Å²) in [5, 5.41) is 19.1. The van der Waals surface area contributed by atoms with Crippen molar-refractivity contribution >= 4 is 5.69 Å². The van der Waals surface area contributed by atoms with Gasteiger partial charge in [0.1, 0.15) is 0 Å². The second-order valence-corrected chi connectivity index (χ2v) is 2.54. The van der Waals surface area contributed by atoms with E-state index in [2.05, 4.69) is 4.74 Å². The van der Waals surface area contributed by atoms with Gasteiger partial charge in [-0.25, -0.2) is 0 Å². The molecule has 6 heteroatoms. The summed E-state index contributed by atoms with van der Waals surface area (Å²) < 4.78 is 17.7. The lowest BCUT2D eigenvalue weighted by Crippen LogP contribution is -1.99. The number of benzene rings is 1. The fraction of sp³-hybridized carbons (Fsp3) is 0.250. The molecule has 0 fully saturated rings. The van der Waals surface area contributed by atoms with E-state index in [0.717, 1.165) is 6.07 Å². The van der Waals surface area contributed by atoms with Gasteiger partial charge in [-0.1, -0.05) is 0 Å². The third-order valence-electron chi connectivity index (χ3n) is 1.67. The number of nitro benzene ring substituents is 1. The van der Waals surface area contributed by atoms with Gasteiger partial charge in [-0.3, -0.25) is 10.1 Å². The first-order valence-electron chi connectivity index (χ1n) is 3.71. The van der Waals surface area contributed by atoms with Gasteiger partial charge in [0.05, 0.1) is 18.6 Å². The van der Waals surface area contributed by atoms with E-state index in [1.54, 1.807) is 0 Å². The number of hydrogen-bond acceptors (Lipinski definition) is 4. The standard InChI is InChI=1S/C8H8FNO4/c1-14-7-3-5(4-11)2-6(9)8(7)10(12)13/h2-3,11H,4H2,1H3. The molecule has 1 aromatic rings. The minimum absolute atomic E-state index is 0.195. The van der Waals surface area contributed by atoms with E-state index >= 15 is 0 Å². The number of rotatable bonds is 3. The number of aliphatic hydroxyl groups excluding tert-OH is 1. The molecule has 0 amide bonds. The molecule has 0 saturated carbocycles. The lowest BCUT2D eigenvalue weighted by Gasteiger charge is -2.04. The Labute approximate surface area is 78.9 Å². The smallest absolute Gasteiger partial charge is 0.346 e. The minimum Gasteiger partial charge on any atom is -0.490 e. The van der Waals surface area contributed by atoms with Crippen molar-refractivity contribution in [1.29, 1.82) is 0 Å². The van der Waals surface area contributed by atoms with Gasteiger partial charge in [-0.05, 0) is 17.7 Å². The summed E-state index contributed by atoms with van der Waals surface area (Å²) in [4.78, 5) is 9.56. The van der Waals surface area contributed by atoms with Crippen LogP contribution >= 0.6 is 0 Å². The van der Waals surface area contributed by atoms with Crippen molar-refractivity contribution in [3.63, 3.8) is 0 Å². The second-order valence-electron chi connectivity index (χ2n) is 2.54. The molecule has 0 aromatic heterocycles. The van der Waals surface area contributed by atoms with Crippen LogP contribution in [0.2, 0.25) is 0 Å². The molecular formula is C8H8FNO4. The first-order chi connectivity index (χ1) is 6.60. The Morgan fingerprint density at radius 3 is 2.71 bits per heavy atom. The zero-order chi connectivity index (χ0) is 10.7. The van der Waals surface area contributed by atoms with Gasteiger partial charge in [0.15, 0.2) is 5.75 Å². The summed E-state index contributed by atoms with van der Waals surface area (Å²) in [5.41, 5.74) is -0.491. The Balaban J connectivity index is 3.34. The SMILES string of the molecule is COc1cc(CO)cc(F)c1[N+](=O)[O-]. The number of methoxy groups -OCH3 is 1. The van der Waals surface area contributed by atoms with Crippen LogP contribution in [0.25, 0.3) is 0 Å². The molecule has 0 heterocycles. The lowest BCUT2D eigenvalue weighted by molar-refractivity contribution is -0.388. The van der Waals surface area contributed by atoms with Gasteiger partial charge in [0.25, 0.3) is 0 Å². The highest BCUT2D eigenvalue weighted by molar-refractivity contribution is 5.49. The Hall–Kier alpha value is -1.69. The summed E-state index contributed by atoms with van der Waals surface area (Å²) in [5.74, 6) is -1.21. The van der Waals surface area contributed by atoms with Crippen molar-refractivity contribution in [2.45, 2.75) is 6.61 Å². The largest absolute Gasteiger partial charge is 0.490 e. The Morgan fingerprint density at radius 1 is 1.64 bits per heavy atom. The zero-order valence-corrected chi connectivity index (χ0v) is 7.36. The van der Waals surface area contributed by atoms with Crippen LogP contribution in [0.1, 0.15) is 5.56 Å². The van der Waals surface area contributed by atoms with Gasteiger partial charge in [0.2, 0.25) is 5.82 Å². The third kappa shape index (κ3) is 1.80. The maximum Gasteiger partial charge on any atom is 0.346 e. The van der Waals surface area contributed by atoms with Crippen LogP contribution in [0.3, 0.4) is 0 Å². The highest BCUT2D eigenvalue weighted by atomic mass is 19.1. The highest BCUT2D eigenvalue weighted by Crippen LogP contribution is 2.30. The van der Waals surface area contributed by atoms with Crippen LogP contribution in [0, 0.1) is 15.9 Å². The van der Waals surface area contributed by atoms with Crippen molar-refractivity contribution in [1.82, 2.24) is 0 Å². The van der Waals surface area contributed by atoms with E-state index in [0.29, 0.717) is 0 Å². The van der Waals surface area contributed by atoms with E-state index in [-0.39, 0.29) is 11.3 Å². The second kappa shape index (κ2) is 4.01. The number of aliphatic hydroxyl groups is 1. The molecule has 0 bridgehead atoms. The third-order valence-corrected chi connectivity index (χ3v) is 1.67. The minimum atomic E-state index is -1.02. The molecule has 0 aliphatic rings. The number of nitrogens with zero attached hydrogens (tertiary/aromatic N) is 1. The molecule has 0 radical (unpaired) electrons. The quantitative estimate of drug-likeness (QED) is 0.589. The molecule has 0 spiro atoms. The monoisotopic (exact) mass is 201 g/mol. The number of ether oxygens (including phenoxy) is 1. The van der Waals surface area contributed by atoms with Gasteiger partial charge >= 0.3 is 5.69 Å². The first kappa shape index (κ1) is 10.4.